The van der Waals surface area contributed by atoms with Gasteiger partial charge in [-0.2, -0.15) is 0 Å². The number of nitrogens with one attached hydrogen (secondary N) is 1. The molecule has 1 saturated heterocycles. The number of ether oxygens (including phenoxy) is 1. The van der Waals surface area contributed by atoms with E-state index in [1.807, 2.05) is 0 Å². The average molecular weight is 492 g/mol. The molecule has 0 amide bonds. The molecule has 2 heterocycles. The van der Waals surface area contributed by atoms with Crippen LogP contribution in [0.2, 0.25) is 5.02 Å². The second-order valence-corrected chi connectivity index (χ2v) is 11.2. The van der Waals surface area contributed by atoms with Gasteiger partial charge >= 0.3 is 0 Å². The fourth-order valence-electron chi connectivity index (χ4n) is 3.95. The van der Waals surface area contributed by atoms with Crippen LogP contribution in [-0.4, -0.2) is 37.5 Å². The summed E-state index contributed by atoms with van der Waals surface area (Å²) in [6, 6.07) is 13.2. The monoisotopic (exact) mass is 491 g/mol. The van der Waals surface area contributed by atoms with Crippen LogP contribution in [0.15, 0.2) is 58.9 Å². The lowest BCUT2D eigenvalue weighted by molar-refractivity contribution is 0.0490. The number of hydrogen-bond donors (Lipinski definition) is 1. The minimum atomic E-state index is -3.76. The summed E-state index contributed by atoms with van der Waals surface area (Å²) in [5.41, 5.74) is 2.60. The molecule has 2 aromatic carbocycles. The number of rotatable bonds is 7. The van der Waals surface area contributed by atoms with Crippen LogP contribution in [0.25, 0.3) is 0 Å². The van der Waals surface area contributed by atoms with Gasteiger partial charge in [0, 0.05) is 37.1 Å². The highest BCUT2D eigenvalue weighted by Gasteiger charge is 2.28. The Morgan fingerprint density at radius 2 is 2.12 bits per heavy atom. The van der Waals surface area contributed by atoms with Gasteiger partial charge in [-0.25, -0.2) is 13.4 Å². The summed E-state index contributed by atoms with van der Waals surface area (Å²) in [6.45, 7) is 7.09. The molecule has 0 aliphatic carbocycles. The third-order valence-corrected chi connectivity index (χ3v) is 8.00. The van der Waals surface area contributed by atoms with E-state index < -0.39 is 10.0 Å². The third-order valence-electron chi connectivity index (χ3n) is 5.55. The number of anilines is 1. The highest BCUT2D eigenvalue weighted by Crippen LogP contribution is 2.32. The van der Waals surface area contributed by atoms with Crippen LogP contribution in [0.5, 0.6) is 5.75 Å². The fraction of sp³-hybridized carbons (Fsp3) is 0.348. The minimum absolute atomic E-state index is 0.0251. The molecule has 6 nitrogen and oxygen atoms in total. The Kier molecular flexibility index (Phi) is 7.05. The average Bonchev–Trinajstić information content (AvgIpc) is 3.23. The van der Waals surface area contributed by atoms with Crippen LogP contribution in [-0.2, 0) is 16.6 Å². The Morgan fingerprint density at radius 1 is 1.28 bits per heavy atom. The summed E-state index contributed by atoms with van der Waals surface area (Å²) >= 11 is 7.61. The lowest BCUT2D eigenvalue weighted by Gasteiger charge is -2.37. The van der Waals surface area contributed by atoms with Crippen LogP contribution >= 0.6 is 22.9 Å². The maximum atomic E-state index is 12.6. The van der Waals surface area contributed by atoms with E-state index in [0.717, 1.165) is 26.1 Å². The first kappa shape index (κ1) is 23.0. The lowest BCUT2D eigenvalue weighted by atomic mass is 9.96. The SMILES string of the molecule is Cc1cccc(CN2CC[C@H](Oc3ccc(S(=O)(=O)Nc4nccs4)cc3Cl)[C@H](C)C2)c1. The van der Waals surface area contributed by atoms with E-state index >= 15 is 0 Å². The summed E-state index contributed by atoms with van der Waals surface area (Å²) in [4.78, 5) is 6.48. The number of halogens is 1. The van der Waals surface area contributed by atoms with Gasteiger partial charge in [0.25, 0.3) is 10.0 Å². The van der Waals surface area contributed by atoms with Crippen LogP contribution < -0.4 is 9.46 Å². The van der Waals surface area contributed by atoms with Crippen molar-refractivity contribution in [2.24, 2.45) is 5.92 Å². The van der Waals surface area contributed by atoms with E-state index in [9.17, 15) is 8.42 Å². The number of nitrogens with zero attached hydrogens (tertiary/aromatic N) is 2. The second-order valence-electron chi connectivity index (χ2n) is 8.18. The second kappa shape index (κ2) is 9.79. The number of likely N-dealkylation sites (tertiary alicyclic amines) is 1. The zero-order chi connectivity index (χ0) is 22.7. The molecular weight excluding hydrogens is 466 g/mol. The molecule has 0 radical (unpaired) electrons. The molecule has 32 heavy (non-hydrogen) atoms. The minimum Gasteiger partial charge on any atom is -0.488 e. The lowest BCUT2D eigenvalue weighted by Crippen LogP contribution is -2.44. The Bertz CT molecular complexity index is 1170. The fourth-order valence-corrected chi connectivity index (χ4v) is 6.06. The van der Waals surface area contributed by atoms with Gasteiger partial charge in [-0.1, -0.05) is 48.4 Å². The molecule has 1 aliphatic rings. The Labute approximate surface area is 198 Å². The Hall–Kier alpha value is -2.13. The Balaban J connectivity index is 1.38. The van der Waals surface area contributed by atoms with E-state index in [0.29, 0.717) is 16.8 Å². The summed E-state index contributed by atoms with van der Waals surface area (Å²) in [7, 11) is -3.76. The van der Waals surface area contributed by atoms with Crippen molar-refractivity contribution < 1.29 is 13.2 Å². The van der Waals surface area contributed by atoms with E-state index in [1.165, 1.54) is 34.6 Å². The molecule has 3 aromatic rings. The highest BCUT2D eigenvalue weighted by atomic mass is 35.5. The molecule has 4 rings (SSSR count). The number of sulfonamides is 1. The van der Waals surface area contributed by atoms with Crippen LogP contribution in [0.3, 0.4) is 0 Å². The first-order chi connectivity index (χ1) is 15.3. The predicted molar refractivity (Wildman–Crippen MR) is 129 cm³/mol. The van der Waals surface area contributed by atoms with E-state index in [1.54, 1.807) is 17.6 Å². The number of aryl methyl sites for hydroxylation is 1. The maximum absolute atomic E-state index is 12.6. The third kappa shape index (κ3) is 5.61. The standard InChI is InChI=1S/C23H26ClN3O3S2/c1-16-4-3-5-18(12-16)15-27-10-8-21(17(2)14-27)30-22-7-6-19(13-20(22)24)32(28,29)26-23-25-9-11-31-23/h3-7,9,11-13,17,21H,8,10,14-15H2,1-2H3,(H,25,26)/t17-,21+/m1/s1. The van der Waals surface area contributed by atoms with Gasteiger partial charge < -0.3 is 4.74 Å². The number of hydrogen-bond acceptors (Lipinski definition) is 6. The molecule has 1 aliphatic heterocycles. The summed E-state index contributed by atoms with van der Waals surface area (Å²) in [5, 5.41) is 2.30. The molecule has 1 N–H and O–H groups in total. The summed E-state index contributed by atoms with van der Waals surface area (Å²) in [6.07, 6.45) is 2.45. The number of benzene rings is 2. The number of aromatic nitrogens is 1. The predicted octanol–water partition coefficient (Wildman–Crippen LogP) is 5.20. The molecule has 0 unspecified atom stereocenters. The van der Waals surface area contributed by atoms with Gasteiger partial charge in [0.05, 0.1) is 9.92 Å². The maximum Gasteiger partial charge on any atom is 0.263 e. The number of piperidine rings is 1. The van der Waals surface area contributed by atoms with Crippen molar-refractivity contribution >= 4 is 38.1 Å². The summed E-state index contributed by atoms with van der Waals surface area (Å²) < 4.78 is 33.8. The van der Waals surface area contributed by atoms with Crippen molar-refractivity contribution in [1.29, 1.82) is 0 Å². The van der Waals surface area contributed by atoms with E-state index in [-0.39, 0.29) is 16.0 Å². The Morgan fingerprint density at radius 3 is 2.81 bits per heavy atom. The van der Waals surface area contributed by atoms with Gasteiger partial charge in [0.1, 0.15) is 11.9 Å². The highest BCUT2D eigenvalue weighted by molar-refractivity contribution is 7.93. The van der Waals surface area contributed by atoms with Crippen LogP contribution in [0, 0.1) is 12.8 Å². The van der Waals surface area contributed by atoms with Crippen LogP contribution in [0.4, 0.5) is 5.13 Å². The quantitative estimate of drug-likeness (QED) is 0.492. The zero-order valence-electron chi connectivity index (χ0n) is 18.0. The van der Waals surface area contributed by atoms with Gasteiger partial charge in [0.2, 0.25) is 0 Å². The van der Waals surface area contributed by atoms with Gasteiger partial charge in [0.15, 0.2) is 5.13 Å². The number of thiazole rings is 1. The molecule has 0 spiro atoms. The molecule has 0 bridgehead atoms. The molecule has 2 atom stereocenters. The molecule has 9 heteroatoms. The van der Waals surface area contributed by atoms with Crippen molar-refractivity contribution in [1.82, 2.24) is 9.88 Å². The van der Waals surface area contributed by atoms with Gasteiger partial charge in [-0.3, -0.25) is 9.62 Å². The molecule has 1 fully saturated rings. The largest absolute Gasteiger partial charge is 0.488 e. The smallest absolute Gasteiger partial charge is 0.263 e. The molecular formula is C23H26ClN3O3S2. The van der Waals surface area contributed by atoms with Crippen molar-refractivity contribution in [3.8, 4) is 5.75 Å². The van der Waals surface area contributed by atoms with Crippen molar-refractivity contribution in [3.63, 3.8) is 0 Å². The van der Waals surface area contributed by atoms with Crippen molar-refractivity contribution in [3.05, 3.63) is 70.2 Å². The molecule has 0 saturated carbocycles. The summed E-state index contributed by atoms with van der Waals surface area (Å²) in [5.74, 6) is 0.823. The van der Waals surface area contributed by atoms with Crippen molar-refractivity contribution in [2.45, 2.75) is 37.8 Å². The molecule has 170 valence electrons. The van der Waals surface area contributed by atoms with Gasteiger partial charge in [-0.05, 0) is 37.1 Å². The normalized spacial score (nSPS) is 19.6. The van der Waals surface area contributed by atoms with Crippen molar-refractivity contribution in [2.75, 3.05) is 17.8 Å². The molecule has 1 aromatic heterocycles. The zero-order valence-corrected chi connectivity index (χ0v) is 20.4. The van der Waals surface area contributed by atoms with Gasteiger partial charge in [-0.15, -0.1) is 11.3 Å². The van der Waals surface area contributed by atoms with E-state index in [4.69, 9.17) is 16.3 Å². The first-order valence-corrected chi connectivity index (χ1v) is 13.2. The van der Waals surface area contributed by atoms with Crippen LogP contribution in [0.1, 0.15) is 24.5 Å². The topological polar surface area (TPSA) is 71.5 Å². The van der Waals surface area contributed by atoms with E-state index in [2.05, 4.69) is 52.7 Å². The first-order valence-electron chi connectivity index (χ1n) is 10.5.